The molecule has 0 aromatic rings. The second kappa shape index (κ2) is 5.27. The topological polar surface area (TPSA) is 43.4 Å². The molecule has 4 aliphatic rings. The van der Waals surface area contributed by atoms with Crippen LogP contribution >= 0.6 is 0 Å². The third-order valence-corrected chi connectivity index (χ3v) is 7.77. The molecule has 0 amide bonds. The van der Waals surface area contributed by atoms with Crippen LogP contribution in [0.25, 0.3) is 0 Å². The van der Waals surface area contributed by atoms with Gasteiger partial charge in [0.15, 0.2) is 0 Å². The van der Waals surface area contributed by atoms with Crippen molar-refractivity contribution in [3.63, 3.8) is 0 Å². The summed E-state index contributed by atoms with van der Waals surface area (Å²) in [6.45, 7) is 2.96. The van der Waals surface area contributed by atoms with E-state index in [0.717, 1.165) is 45.1 Å². The van der Waals surface area contributed by atoms with E-state index in [-0.39, 0.29) is 10.8 Å². The van der Waals surface area contributed by atoms with Gasteiger partial charge in [0.2, 0.25) is 0 Å². The molecular weight excluding hydrogens is 288 g/mol. The molecule has 0 saturated heterocycles. The van der Waals surface area contributed by atoms with Gasteiger partial charge in [-0.25, -0.2) is 0 Å². The molecule has 23 heavy (non-hydrogen) atoms. The van der Waals surface area contributed by atoms with Crippen molar-refractivity contribution in [2.75, 3.05) is 13.7 Å². The van der Waals surface area contributed by atoms with Crippen LogP contribution in [-0.2, 0) is 14.3 Å². The minimum Gasteiger partial charge on any atom is -0.384 e. The molecule has 4 rings (SSSR count). The number of hydrogen-bond acceptors (Lipinski definition) is 3. The van der Waals surface area contributed by atoms with Gasteiger partial charge in [-0.05, 0) is 49.9 Å². The molecule has 0 aromatic heterocycles. The minimum atomic E-state index is -0.0781. The Balaban J connectivity index is 1.73. The summed E-state index contributed by atoms with van der Waals surface area (Å²) in [7, 11) is 1.79. The molecule has 3 fully saturated rings. The van der Waals surface area contributed by atoms with Gasteiger partial charge in [-0.15, -0.1) is 0 Å². The lowest BCUT2D eigenvalue weighted by molar-refractivity contribution is -0.134. The van der Waals surface area contributed by atoms with Crippen molar-refractivity contribution in [1.82, 2.24) is 0 Å². The zero-order chi connectivity index (χ0) is 16.2. The van der Waals surface area contributed by atoms with Crippen molar-refractivity contribution >= 4 is 11.6 Å². The van der Waals surface area contributed by atoms with Crippen molar-refractivity contribution in [2.24, 2.45) is 28.6 Å². The molecule has 0 aromatic carbocycles. The summed E-state index contributed by atoms with van der Waals surface area (Å²) in [6, 6.07) is 0. The normalized spacial score (nSPS) is 46.0. The molecule has 0 aliphatic heterocycles. The Kier molecular flexibility index (Phi) is 3.57. The van der Waals surface area contributed by atoms with E-state index in [2.05, 4.69) is 13.0 Å². The maximum absolute atomic E-state index is 12.5. The summed E-state index contributed by atoms with van der Waals surface area (Å²) in [5.74, 6) is 2.62. The van der Waals surface area contributed by atoms with E-state index < -0.39 is 0 Å². The van der Waals surface area contributed by atoms with Crippen molar-refractivity contribution in [3.05, 3.63) is 11.6 Å². The lowest BCUT2D eigenvalue weighted by Crippen LogP contribution is -2.52. The molecule has 5 atom stereocenters. The average molecular weight is 316 g/mol. The van der Waals surface area contributed by atoms with Gasteiger partial charge in [0.05, 0.1) is 6.61 Å². The van der Waals surface area contributed by atoms with Gasteiger partial charge in [0.25, 0.3) is 0 Å². The van der Waals surface area contributed by atoms with E-state index in [4.69, 9.17) is 4.74 Å². The molecule has 0 spiro atoms. The third kappa shape index (κ3) is 2.05. The predicted molar refractivity (Wildman–Crippen MR) is 87.9 cm³/mol. The second-order valence-corrected chi connectivity index (χ2v) is 8.56. The molecule has 0 unspecified atom stereocenters. The molecule has 126 valence electrons. The number of fused-ring (bicyclic) bond motifs is 5. The van der Waals surface area contributed by atoms with E-state index in [9.17, 15) is 9.59 Å². The highest BCUT2D eigenvalue weighted by atomic mass is 16.5. The van der Waals surface area contributed by atoms with Gasteiger partial charge in [-0.3, -0.25) is 9.59 Å². The van der Waals surface area contributed by atoms with Gasteiger partial charge >= 0.3 is 0 Å². The van der Waals surface area contributed by atoms with Crippen molar-refractivity contribution in [3.8, 4) is 0 Å². The maximum atomic E-state index is 12.5. The van der Waals surface area contributed by atoms with Crippen molar-refractivity contribution in [1.29, 1.82) is 0 Å². The Morgan fingerprint density at radius 1 is 1.17 bits per heavy atom. The number of ether oxygens (including phenoxy) is 1. The Bertz CT molecular complexity index is 577. The van der Waals surface area contributed by atoms with Crippen molar-refractivity contribution < 1.29 is 14.3 Å². The minimum absolute atomic E-state index is 0.0680. The summed E-state index contributed by atoms with van der Waals surface area (Å²) in [5.41, 5.74) is 1.34. The fraction of sp³-hybridized carbons (Fsp3) is 0.800. The Morgan fingerprint density at radius 2 is 2.00 bits per heavy atom. The highest BCUT2D eigenvalue weighted by Crippen LogP contribution is 2.63. The summed E-state index contributed by atoms with van der Waals surface area (Å²) >= 11 is 0. The predicted octanol–water partition coefficient (Wildman–Crippen LogP) is 3.71. The monoisotopic (exact) mass is 316 g/mol. The molecule has 0 heterocycles. The fourth-order valence-electron chi connectivity index (χ4n) is 6.58. The SMILES string of the molecule is COC[C@]12CCC(=O)CC1=CC[C@@H]1[C@H]2CC[C@]2(C)C(=O)CC[C@@H]12. The number of allylic oxidation sites excluding steroid dienone is 1. The molecular formula is C20H28O3. The second-order valence-electron chi connectivity index (χ2n) is 8.56. The largest absolute Gasteiger partial charge is 0.384 e. The van der Waals surface area contributed by atoms with E-state index in [1.165, 1.54) is 5.57 Å². The van der Waals surface area contributed by atoms with Gasteiger partial charge in [-0.1, -0.05) is 18.6 Å². The number of carbonyl (C=O) groups is 2. The van der Waals surface area contributed by atoms with Crippen LogP contribution in [0.4, 0.5) is 0 Å². The Labute approximate surface area is 138 Å². The standard InChI is InChI=1S/C20H28O3/c1-19-9-8-17-15(16(19)5-6-18(19)22)4-3-13-11-14(21)7-10-20(13,17)12-23-2/h3,15-17H,4-12H2,1-2H3/t15-,16-,17+,19-,20+/m0/s1. The van der Waals surface area contributed by atoms with E-state index in [1.807, 2.05) is 0 Å². The molecule has 3 heteroatoms. The summed E-state index contributed by atoms with van der Waals surface area (Å²) < 4.78 is 5.66. The molecule has 3 saturated carbocycles. The summed E-state index contributed by atoms with van der Waals surface area (Å²) in [5, 5.41) is 0. The third-order valence-electron chi connectivity index (χ3n) is 7.77. The number of hydrogen-bond donors (Lipinski definition) is 0. The van der Waals surface area contributed by atoms with Crippen LogP contribution in [0.5, 0.6) is 0 Å². The first kappa shape index (κ1) is 15.6. The van der Waals surface area contributed by atoms with Crippen LogP contribution in [0, 0.1) is 28.6 Å². The molecule has 0 radical (unpaired) electrons. The molecule has 4 aliphatic carbocycles. The van der Waals surface area contributed by atoms with Crippen LogP contribution in [0.15, 0.2) is 11.6 Å². The Morgan fingerprint density at radius 3 is 2.78 bits per heavy atom. The quantitative estimate of drug-likeness (QED) is 0.729. The highest BCUT2D eigenvalue weighted by Gasteiger charge is 2.59. The van der Waals surface area contributed by atoms with Crippen LogP contribution in [0.2, 0.25) is 0 Å². The van der Waals surface area contributed by atoms with Crippen LogP contribution in [0.1, 0.15) is 58.3 Å². The number of methoxy groups -OCH3 is 1. The number of ketones is 2. The number of carbonyl (C=O) groups excluding carboxylic acids is 2. The van der Waals surface area contributed by atoms with Gasteiger partial charge in [0.1, 0.15) is 11.6 Å². The fourth-order valence-corrected chi connectivity index (χ4v) is 6.58. The first-order chi connectivity index (χ1) is 11.0. The summed E-state index contributed by atoms with van der Waals surface area (Å²) in [4.78, 5) is 24.4. The van der Waals surface area contributed by atoms with E-state index in [0.29, 0.717) is 42.2 Å². The first-order valence-electron chi connectivity index (χ1n) is 9.25. The zero-order valence-corrected chi connectivity index (χ0v) is 14.4. The molecule has 0 N–H and O–H groups in total. The lowest BCUT2D eigenvalue weighted by atomic mass is 9.47. The maximum Gasteiger partial charge on any atom is 0.139 e. The van der Waals surface area contributed by atoms with Gasteiger partial charge in [0, 0.05) is 37.2 Å². The lowest BCUT2D eigenvalue weighted by Gasteiger charge is -2.57. The van der Waals surface area contributed by atoms with Crippen LogP contribution in [-0.4, -0.2) is 25.3 Å². The van der Waals surface area contributed by atoms with E-state index >= 15 is 0 Å². The molecule has 3 nitrogen and oxygen atoms in total. The van der Waals surface area contributed by atoms with Gasteiger partial charge in [-0.2, -0.15) is 0 Å². The highest BCUT2D eigenvalue weighted by molar-refractivity contribution is 5.87. The van der Waals surface area contributed by atoms with Crippen LogP contribution < -0.4 is 0 Å². The average Bonchev–Trinajstić information content (AvgIpc) is 2.84. The van der Waals surface area contributed by atoms with Crippen LogP contribution in [0.3, 0.4) is 0 Å². The van der Waals surface area contributed by atoms with Gasteiger partial charge < -0.3 is 4.74 Å². The van der Waals surface area contributed by atoms with E-state index in [1.54, 1.807) is 7.11 Å². The number of Topliss-reactive ketones (excluding diaryl/α,β-unsaturated/α-hetero) is 2. The smallest absolute Gasteiger partial charge is 0.139 e. The Hall–Kier alpha value is -0.960. The summed E-state index contributed by atoms with van der Waals surface area (Å²) in [6.07, 6.45) is 9.70. The number of rotatable bonds is 2. The first-order valence-corrected chi connectivity index (χ1v) is 9.25. The molecule has 0 bridgehead atoms. The zero-order valence-electron chi connectivity index (χ0n) is 14.4. The van der Waals surface area contributed by atoms with Crippen molar-refractivity contribution in [2.45, 2.75) is 58.3 Å².